The van der Waals surface area contributed by atoms with E-state index in [0.29, 0.717) is 5.92 Å². The van der Waals surface area contributed by atoms with Crippen LogP contribution in [0.5, 0.6) is 0 Å². The normalized spacial score (nSPS) is 22.5. The molecule has 0 spiro atoms. The lowest BCUT2D eigenvalue weighted by molar-refractivity contribution is -0.0696. The average Bonchev–Trinajstić information content (AvgIpc) is 2.45. The van der Waals surface area contributed by atoms with Gasteiger partial charge in [-0.2, -0.15) is 13.2 Å². The number of alkyl halides is 3. The Kier molecular flexibility index (Phi) is 4.92. The molecule has 21 heavy (non-hydrogen) atoms. The van der Waals surface area contributed by atoms with Crippen molar-refractivity contribution in [2.75, 3.05) is 0 Å². The quantitative estimate of drug-likeness (QED) is 0.505. The standard InChI is InChI=1S/C17H18F4/c1-2-12-3-5-13(6-4-12)15-8-7-14(16(18)11-15)9-10-17(19,20)21/h7-8,11-13H,2-6H2,1H3. The summed E-state index contributed by atoms with van der Waals surface area (Å²) in [5.41, 5.74) is 0.679. The topological polar surface area (TPSA) is 0 Å². The van der Waals surface area contributed by atoms with E-state index in [1.807, 2.05) is 5.92 Å². The molecule has 1 aliphatic carbocycles. The molecular weight excluding hydrogens is 280 g/mol. The number of benzene rings is 1. The van der Waals surface area contributed by atoms with Crippen molar-refractivity contribution in [2.45, 2.75) is 51.1 Å². The molecule has 0 nitrogen and oxygen atoms in total. The summed E-state index contributed by atoms with van der Waals surface area (Å²) in [4.78, 5) is 0. The summed E-state index contributed by atoms with van der Waals surface area (Å²) in [5, 5.41) is 0. The van der Waals surface area contributed by atoms with Gasteiger partial charge < -0.3 is 0 Å². The lowest BCUT2D eigenvalue weighted by Gasteiger charge is -2.28. The maximum absolute atomic E-state index is 13.9. The molecule has 0 unspecified atom stereocenters. The molecule has 0 radical (unpaired) electrons. The minimum absolute atomic E-state index is 0.196. The molecule has 1 saturated carbocycles. The van der Waals surface area contributed by atoms with E-state index in [1.54, 1.807) is 6.07 Å². The third-order valence-corrected chi connectivity index (χ3v) is 4.23. The van der Waals surface area contributed by atoms with E-state index in [-0.39, 0.29) is 5.56 Å². The van der Waals surface area contributed by atoms with Gasteiger partial charge in [-0.25, -0.2) is 4.39 Å². The van der Waals surface area contributed by atoms with Gasteiger partial charge in [-0.05, 0) is 55.2 Å². The monoisotopic (exact) mass is 298 g/mol. The van der Waals surface area contributed by atoms with Crippen LogP contribution in [-0.2, 0) is 0 Å². The fraction of sp³-hybridized carbons (Fsp3) is 0.529. The van der Waals surface area contributed by atoms with Crippen molar-refractivity contribution >= 4 is 0 Å². The van der Waals surface area contributed by atoms with Gasteiger partial charge in [-0.1, -0.05) is 25.3 Å². The predicted octanol–water partition coefficient (Wildman–Crippen LogP) is 5.42. The SMILES string of the molecule is CCC1CCC(c2ccc(C#CC(F)(F)F)c(F)c2)CC1. The first-order valence-electron chi connectivity index (χ1n) is 7.28. The van der Waals surface area contributed by atoms with Crippen LogP contribution in [0.3, 0.4) is 0 Å². The van der Waals surface area contributed by atoms with Crippen LogP contribution in [-0.4, -0.2) is 6.18 Å². The van der Waals surface area contributed by atoms with Crippen LogP contribution in [0.1, 0.15) is 56.1 Å². The van der Waals surface area contributed by atoms with Crippen LogP contribution in [0, 0.1) is 23.6 Å². The first-order valence-corrected chi connectivity index (χ1v) is 7.28. The maximum Gasteiger partial charge on any atom is 0.458 e. The van der Waals surface area contributed by atoms with Crippen LogP contribution in [0.15, 0.2) is 18.2 Å². The van der Waals surface area contributed by atoms with E-state index in [4.69, 9.17) is 0 Å². The molecule has 1 aromatic carbocycles. The third kappa shape index (κ3) is 4.49. The summed E-state index contributed by atoms with van der Waals surface area (Å²) in [7, 11) is 0. The molecule has 0 bridgehead atoms. The van der Waals surface area contributed by atoms with E-state index in [0.717, 1.165) is 43.1 Å². The number of hydrogen-bond acceptors (Lipinski definition) is 0. The van der Waals surface area contributed by atoms with Crippen LogP contribution in [0.4, 0.5) is 17.6 Å². The van der Waals surface area contributed by atoms with Crippen LogP contribution in [0.25, 0.3) is 0 Å². The highest BCUT2D eigenvalue weighted by Gasteiger charge is 2.24. The molecular formula is C17H18F4. The molecule has 0 aromatic heterocycles. The van der Waals surface area contributed by atoms with Gasteiger partial charge >= 0.3 is 6.18 Å². The van der Waals surface area contributed by atoms with E-state index < -0.39 is 12.0 Å². The summed E-state index contributed by atoms with van der Waals surface area (Å²) in [5.74, 6) is 3.35. The maximum atomic E-state index is 13.9. The van der Waals surface area contributed by atoms with Gasteiger partial charge in [-0.3, -0.25) is 0 Å². The zero-order chi connectivity index (χ0) is 15.5. The van der Waals surface area contributed by atoms with Crippen molar-refractivity contribution < 1.29 is 17.6 Å². The number of hydrogen-bond donors (Lipinski definition) is 0. The first kappa shape index (κ1) is 15.9. The third-order valence-electron chi connectivity index (χ3n) is 4.23. The second kappa shape index (κ2) is 6.51. The molecule has 0 atom stereocenters. The zero-order valence-corrected chi connectivity index (χ0v) is 11.9. The van der Waals surface area contributed by atoms with Crippen molar-refractivity contribution in [1.82, 2.24) is 0 Å². The summed E-state index contributed by atoms with van der Waals surface area (Å²) >= 11 is 0. The van der Waals surface area contributed by atoms with Crippen molar-refractivity contribution in [3.8, 4) is 11.8 Å². The smallest absolute Gasteiger partial charge is 0.206 e. The molecule has 0 amide bonds. The average molecular weight is 298 g/mol. The number of rotatable bonds is 2. The van der Waals surface area contributed by atoms with Gasteiger partial charge in [0.2, 0.25) is 0 Å². The highest BCUT2D eigenvalue weighted by Crippen LogP contribution is 2.37. The molecule has 0 heterocycles. The molecule has 0 N–H and O–H groups in total. The Hall–Kier alpha value is -1.50. The van der Waals surface area contributed by atoms with Crippen LogP contribution in [0.2, 0.25) is 0 Å². The fourth-order valence-corrected chi connectivity index (χ4v) is 2.93. The molecule has 4 heteroatoms. The molecule has 1 fully saturated rings. The Bertz CT molecular complexity index is 540. The molecule has 114 valence electrons. The van der Waals surface area contributed by atoms with Gasteiger partial charge in [0, 0.05) is 5.92 Å². The van der Waals surface area contributed by atoms with Gasteiger partial charge in [0.05, 0.1) is 5.56 Å². The van der Waals surface area contributed by atoms with Crippen LogP contribution >= 0.6 is 0 Å². The lowest BCUT2D eigenvalue weighted by Crippen LogP contribution is -2.12. The van der Waals surface area contributed by atoms with Crippen molar-refractivity contribution in [3.63, 3.8) is 0 Å². The zero-order valence-electron chi connectivity index (χ0n) is 11.9. The van der Waals surface area contributed by atoms with Gasteiger partial charge in [0.25, 0.3) is 0 Å². The Morgan fingerprint density at radius 2 is 1.81 bits per heavy atom. The molecule has 0 saturated heterocycles. The van der Waals surface area contributed by atoms with Crippen molar-refractivity contribution in [3.05, 3.63) is 35.1 Å². The van der Waals surface area contributed by atoms with Crippen molar-refractivity contribution in [1.29, 1.82) is 0 Å². The largest absolute Gasteiger partial charge is 0.458 e. The molecule has 1 aliphatic rings. The summed E-state index contributed by atoms with van der Waals surface area (Å²) < 4.78 is 49.9. The minimum Gasteiger partial charge on any atom is -0.206 e. The first-order chi connectivity index (χ1) is 9.89. The summed E-state index contributed by atoms with van der Waals surface area (Å²) in [6.07, 6.45) is 0.893. The van der Waals surface area contributed by atoms with Gasteiger partial charge in [-0.15, -0.1) is 0 Å². The highest BCUT2D eigenvalue weighted by molar-refractivity contribution is 5.39. The van der Waals surface area contributed by atoms with E-state index >= 15 is 0 Å². The Balaban J connectivity index is 2.10. The van der Waals surface area contributed by atoms with Gasteiger partial charge in [0.15, 0.2) is 0 Å². The Morgan fingerprint density at radius 1 is 1.14 bits per heavy atom. The van der Waals surface area contributed by atoms with E-state index in [2.05, 4.69) is 6.92 Å². The van der Waals surface area contributed by atoms with E-state index in [9.17, 15) is 17.6 Å². The fourth-order valence-electron chi connectivity index (χ4n) is 2.93. The summed E-state index contributed by atoms with van der Waals surface area (Å²) in [6, 6.07) is 4.41. The predicted molar refractivity (Wildman–Crippen MR) is 74.3 cm³/mol. The Morgan fingerprint density at radius 3 is 2.33 bits per heavy atom. The second-order valence-corrected chi connectivity index (χ2v) is 5.61. The molecule has 0 aliphatic heterocycles. The van der Waals surface area contributed by atoms with Gasteiger partial charge in [0.1, 0.15) is 5.82 Å². The van der Waals surface area contributed by atoms with E-state index in [1.165, 1.54) is 18.6 Å². The number of halogens is 4. The second-order valence-electron chi connectivity index (χ2n) is 5.61. The minimum atomic E-state index is -4.59. The molecule has 1 aromatic rings. The van der Waals surface area contributed by atoms with Crippen LogP contribution < -0.4 is 0 Å². The molecule has 2 rings (SSSR count). The summed E-state index contributed by atoms with van der Waals surface area (Å²) in [6.45, 7) is 2.18. The lowest BCUT2D eigenvalue weighted by atomic mass is 9.78. The Labute approximate surface area is 122 Å². The highest BCUT2D eigenvalue weighted by atomic mass is 19.4. The van der Waals surface area contributed by atoms with Crippen molar-refractivity contribution in [2.24, 2.45) is 5.92 Å².